The molecule has 7 heteroatoms. The number of rotatable bonds is 3. The lowest BCUT2D eigenvalue weighted by molar-refractivity contribution is 0.575. The van der Waals surface area contributed by atoms with Crippen LogP contribution in [0.5, 0.6) is 0 Å². The number of hydrogen-bond donors (Lipinski definition) is 1. The molecule has 0 saturated carbocycles. The van der Waals surface area contributed by atoms with Gasteiger partial charge >= 0.3 is 0 Å². The molecule has 0 spiro atoms. The van der Waals surface area contributed by atoms with Crippen LogP contribution in [0.4, 0.5) is 5.69 Å². The fraction of sp³-hybridized carbons (Fsp3) is 0.158. The zero-order chi connectivity index (χ0) is 18.3. The highest BCUT2D eigenvalue weighted by Gasteiger charge is 2.41. The molecule has 26 heavy (non-hydrogen) atoms. The average molecular weight is 509 g/mol. The lowest BCUT2D eigenvalue weighted by Gasteiger charge is -2.27. The summed E-state index contributed by atoms with van der Waals surface area (Å²) < 4.78 is 2.18. The Balaban J connectivity index is 1.83. The number of benzene rings is 1. The van der Waals surface area contributed by atoms with Crippen molar-refractivity contribution in [1.29, 1.82) is 0 Å². The molecule has 1 aromatic carbocycles. The largest absolute Gasteiger partial charge is 0.351 e. The van der Waals surface area contributed by atoms with E-state index in [4.69, 9.17) is 12.2 Å². The molecular weight excluding hydrogens is 494 g/mol. The molecule has 3 aromatic rings. The van der Waals surface area contributed by atoms with Gasteiger partial charge in [0.05, 0.1) is 17.8 Å². The first-order valence-electron chi connectivity index (χ1n) is 8.05. The van der Waals surface area contributed by atoms with Crippen LogP contribution < -0.4 is 10.2 Å². The first-order chi connectivity index (χ1) is 12.5. The van der Waals surface area contributed by atoms with Gasteiger partial charge < -0.3 is 10.2 Å². The van der Waals surface area contributed by atoms with Crippen LogP contribution in [-0.2, 0) is 0 Å². The highest BCUT2D eigenvalue weighted by molar-refractivity contribution is 9.10. The highest BCUT2D eigenvalue weighted by atomic mass is 79.9. The maximum absolute atomic E-state index is 5.73. The van der Waals surface area contributed by atoms with Gasteiger partial charge in [0.15, 0.2) is 5.11 Å². The zero-order valence-corrected chi connectivity index (χ0v) is 18.6. The van der Waals surface area contributed by atoms with Gasteiger partial charge in [-0.2, -0.15) is 0 Å². The van der Waals surface area contributed by atoms with E-state index < -0.39 is 0 Å². The Bertz CT molecular complexity index is 958. The standard InChI is InChI=1S/C19H15Br2N3S2/c1-11-8-13(5-6-14(11)21)24-18(16-9-12(20)10-26-16)17(23-19(24)25)15-4-2-3-7-22-15/h2-10,17-18H,1H3,(H,23,25)/t17-,18+/m1/s1. The van der Waals surface area contributed by atoms with Crippen LogP contribution in [0.2, 0.25) is 0 Å². The maximum atomic E-state index is 5.73. The number of nitrogens with one attached hydrogen (secondary N) is 1. The number of anilines is 1. The predicted octanol–water partition coefficient (Wildman–Crippen LogP) is 6.15. The molecule has 2 aromatic heterocycles. The molecule has 132 valence electrons. The van der Waals surface area contributed by atoms with Gasteiger partial charge in [-0.15, -0.1) is 11.3 Å². The van der Waals surface area contributed by atoms with Crippen molar-refractivity contribution in [2.24, 2.45) is 0 Å². The lowest BCUT2D eigenvalue weighted by Crippen LogP contribution is -2.29. The second-order valence-electron chi connectivity index (χ2n) is 6.10. The molecule has 1 aliphatic heterocycles. The minimum atomic E-state index is -0.00166. The Hall–Kier alpha value is -1.28. The molecule has 0 unspecified atom stereocenters. The molecule has 0 aliphatic carbocycles. The summed E-state index contributed by atoms with van der Waals surface area (Å²) in [6.07, 6.45) is 1.83. The molecule has 0 radical (unpaired) electrons. The summed E-state index contributed by atoms with van der Waals surface area (Å²) in [6, 6.07) is 14.5. The van der Waals surface area contributed by atoms with Gasteiger partial charge in [-0.25, -0.2) is 0 Å². The van der Waals surface area contributed by atoms with Crippen LogP contribution in [0.1, 0.15) is 28.2 Å². The number of nitrogens with zero attached hydrogens (tertiary/aromatic N) is 2. The molecule has 3 heterocycles. The topological polar surface area (TPSA) is 28.2 Å². The molecule has 2 atom stereocenters. The Labute approximate surface area is 178 Å². The number of thiophene rings is 1. The van der Waals surface area contributed by atoms with E-state index in [1.54, 1.807) is 11.3 Å². The number of thiocarbonyl (C=S) groups is 1. The Morgan fingerprint density at radius 1 is 1.19 bits per heavy atom. The molecule has 1 aliphatic rings. The first kappa shape index (κ1) is 18.1. The zero-order valence-electron chi connectivity index (χ0n) is 13.8. The molecule has 1 N–H and O–H groups in total. The smallest absolute Gasteiger partial charge is 0.174 e. The van der Waals surface area contributed by atoms with Crippen molar-refractivity contribution in [2.45, 2.75) is 19.0 Å². The van der Waals surface area contributed by atoms with Crippen molar-refractivity contribution in [1.82, 2.24) is 10.3 Å². The van der Waals surface area contributed by atoms with Gasteiger partial charge in [-0.05, 0) is 77.0 Å². The van der Waals surface area contributed by atoms with Crippen LogP contribution in [0.3, 0.4) is 0 Å². The highest BCUT2D eigenvalue weighted by Crippen LogP contribution is 2.44. The van der Waals surface area contributed by atoms with Gasteiger partial charge in [0.25, 0.3) is 0 Å². The lowest BCUT2D eigenvalue weighted by atomic mass is 10.0. The third-order valence-electron chi connectivity index (χ3n) is 4.40. The van der Waals surface area contributed by atoms with E-state index in [-0.39, 0.29) is 12.1 Å². The Morgan fingerprint density at radius 3 is 2.69 bits per heavy atom. The van der Waals surface area contributed by atoms with E-state index in [0.717, 1.165) is 25.4 Å². The summed E-state index contributed by atoms with van der Waals surface area (Å²) in [6.45, 7) is 2.09. The van der Waals surface area contributed by atoms with Gasteiger partial charge in [-0.3, -0.25) is 4.98 Å². The Morgan fingerprint density at radius 2 is 2.04 bits per heavy atom. The molecule has 1 saturated heterocycles. The van der Waals surface area contributed by atoms with E-state index in [2.05, 4.69) is 83.6 Å². The molecule has 4 rings (SSSR count). The molecular formula is C19H15Br2N3S2. The fourth-order valence-electron chi connectivity index (χ4n) is 3.18. The van der Waals surface area contributed by atoms with E-state index in [0.29, 0.717) is 0 Å². The molecule has 0 amide bonds. The molecule has 1 fully saturated rings. The van der Waals surface area contributed by atoms with Crippen molar-refractivity contribution in [3.8, 4) is 0 Å². The minimum Gasteiger partial charge on any atom is -0.351 e. The van der Waals surface area contributed by atoms with E-state index in [1.165, 1.54) is 10.4 Å². The van der Waals surface area contributed by atoms with E-state index >= 15 is 0 Å². The number of hydrogen-bond acceptors (Lipinski definition) is 3. The summed E-state index contributed by atoms with van der Waals surface area (Å²) >= 11 is 14.6. The second kappa shape index (κ2) is 7.38. The first-order valence-corrected chi connectivity index (χ1v) is 10.9. The van der Waals surface area contributed by atoms with Gasteiger partial charge in [0.2, 0.25) is 0 Å². The third-order valence-corrected chi connectivity index (χ3v) is 7.37. The third kappa shape index (κ3) is 3.33. The fourth-order valence-corrected chi connectivity index (χ4v) is 5.35. The molecule has 3 nitrogen and oxygen atoms in total. The summed E-state index contributed by atoms with van der Waals surface area (Å²) in [5, 5.41) is 6.31. The predicted molar refractivity (Wildman–Crippen MR) is 119 cm³/mol. The quantitative estimate of drug-likeness (QED) is 0.429. The van der Waals surface area contributed by atoms with Crippen LogP contribution >= 0.6 is 55.4 Å². The van der Waals surface area contributed by atoms with Crippen LogP contribution in [0.15, 0.2) is 63.0 Å². The number of pyridine rings is 1. The number of aromatic nitrogens is 1. The van der Waals surface area contributed by atoms with Crippen molar-refractivity contribution >= 4 is 66.2 Å². The van der Waals surface area contributed by atoms with Gasteiger partial charge in [0.1, 0.15) is 0 Å². The van der Waals surface area contributed by atoms with E-state index in [1.807, 2.05) is 24.4 Å². The summed E-state index contributed by atoms with van der Waals surface area (Å²) in [5.74, 6) is 0. The normalized spacial score (nSPS) is 19.7. The summed E-state index contributed by atoms with van der Waals surface area (Å²) in [5.41, 5.74) is 3.24. The van der Waals surface area contributed by atoms with Crippen molar-refractivity contribution < 1.29 is 0 Å². The van der Waals surface area contributed by atoms with Crippen LogP contribution in [-0.4, -0.2) is 10.1 Å². The summed E-state index contributed by atoms with van der Waals surface area (Å²) in [7, 11) is 0. The monoisotopic (exact) mass is 507 g/mol. The van der Waals surface area contributed by atoms with Gasteiger partial charge in [-0.1, -0.05) is 22.0 Å². The minimum absolute atomic E-state index is 0.00166. The SMILES string of the molecule is Cc1cc(N2C(=S)N[C@H](c3ccccn3)[C@@H]2c2cc(Br)cs2)ccc1Br. The van der Waals surface area contributed by atoms with Crippen LogP contribution in [0.25, 0.3) is 0 Å². The van der Waals surface area contributed by atoms with Crippen molar-refractivity contribution in [2.75, 3.05) is 4.90 Å². The van der Waals surface area contributed by atoms with Gasteiger partial charge in [0, 0.05) is 31.1 Å². The second-order valence-corrected chi connectivity index (χ2v) is 9.20. The summed E-state index contributed by atoms with van der Waals surface area (Å²) in [4.78, 5) is 8.01. The maximum Gasteiger partial charge on any atom is 0.174 e. The number of aryl methyl sites for hydroxylation is 1. The van der Waals surface area contributed by atoms with Crippen LogP contribution in [0, 0.1) is 6.92 Å². The number of halogens is 2. The van der Waals surface area contributed by atoms with Crippen molar-refractivity contribution in [3.05, 3.63) is 79.1 Å². The van der Waals surface area contributed by atoms with Crippen molar-refractivity contribution in [3.63, 3.8) is 0 Å². The average Bonchev–Trinajstić information content (AvgIpc) is 3.21. The molecule has 0 bridgehead atoms. The Kier molecular flexibility index (Phi) is 5.14. The van der Waals surface area contributed by atoms with E-state index in [9.17, 15) is 0 Å².